The van der Waals surface area contributed by atoms with E-state index in [9.17, 15) is 0 Å². The van der Waals surface area contributed by atoms with Crippen molar-refractivity contribution in [3.05, 3.63) is 23.5 Å². The molecule has 1 aromatic heterocycles. The Morgan fingerprint density at radius 3 is 2.88 bits per heavy atom. The highest BCUT2D eigenvalue weighted by atomic mass is 35.5. The first kappa shape index (κ1) is 12.6. The average Bonchev–Trinajstić information content (AvgIpc) is 2.37. The maximum absolute atomic E-state index is 8.70. The number of anilines is 1. The van der Waals surface area contributed by atoms with Crippen LogP contribution in [0.1, 0.15) is 12.8 Å². The third-order valence-electron chi connectivity index (χ3n) is 2.96. The molecule has 17 heavy (non-hydrogen) atoms. The van der Waals surface area contributed by atoms with Gasteiger partial charge in [0.25, 0.3) is 0 Å². The van der Waals surface area contributed by atoms with Crippen LogP contribution >= 0.6 is 11.6 Å². The van der Waals surface area contributed by atoms with Gasteiger partial charge in [0.15, 0.2) is 0 Å². The van der Waals surface area contributed by atoms with Crippen LogP contribution in [0, 0.1) is 0 Å². The topological polar surface area (TPSA) is 45.6 Å². The Kier molecular flexibility index (Phi) is 4.59. The number of nitrogens with zero attached hydrogens (tertiary/aromatic N) is 2. The molecule has 0 saturated carbocycles. The van der Waals surface area contributed by atoms with E-state index in [1.165, 1.54) is 0 Å². The molecule has 0 radical (unpaired) electrons. The van der Waals surface area contributed by atoms with Gasteiger partial charge >= 0.3 is 0 Å². The highest BCUT2D eigenvalue weighted by Crippen LogP contribution is 2.22. The summed E-state index contributed by atoms with van der Waals surface area (Å²) in [5.41, 5.74) is 1.12. The summed E-state index contributed by atoms with van der Waals surface area (Å²) in [5, 5.41) is 9.23. The van der Waals surface area contributed by atoms with Crippen molar-refractivity contribution in [2.45, 2.75) is 18.9 Å². The van der Waals surface area contributed by atoms with Gasteiger partial charge in [-0.05, 0) is 25.0 Å². The molecule has 2 heterocycles. The van der Waals surface area contributed by atoms with E-state index in [1.807, 2.05) is 12.1 Å². The molecule has 1 aliphatic heterocycles. The number of hydrogen-bond donors (Lipinski definition) is 1. The summed E-state index contributed by atoms with van der Waals surface area (Å²) in [6.07, 6.45) is 3.97. The number of aliphatic hydroxyl groups is 1. The Balaban J connectivity index is 1.86. The van der Waals surface area contributed by atoms with Crippen molar-refractivity contribution < 1.29 is 9.84 Å². The molecule has 1 aliphatic rings. The highest BCUT2D eigenvalue weighted by molar-refractivity contribution is 6.29. The van der Waals surface area contributed by atoms with Crippen molar-refractivity contribution in [2.24, 2.45) is 0 Å². The molecule has 5 heteroatoms. The predicted octanol–water partition coefficient (Wildman–Crippen LogP) is 1.71. The molecule has 0 aliphatic carbocycles. The molecule has 0 aromatic carbocycles. The minimum absolute atomic E-state index is 0.0974. The number of rotatable bonds is 4. The first-order chi connectivity index (χ1) is 8.29. The molecule has 1 aromatic rings. The molecule has 0 unspecified atom stereocenters. The molecular formula is C12H17ClN2O2. The lowest BCUT2D eigenvalue weighted by Crippen LogP contribution is -2.37. The van der Waals surface area contributed by atoms with Gasteiger partial charge in [-0.15, -0.1) is 0 Å². The molecule has 0 amide bonds. The van der Waals surface area contributed by atoms with Crippen LogP contribution in [0.5, 0.6) is 0 Å². The van der Waals surface area contributed by atoms with Crippen LogP contribution in [0.4, 0.5) is 5.69 Å². The molecule has 4 nitrogen and oxygen atoms in total. The molecule has 0 atom stereocenters. The average molecular weight is 257 g/mol. The lowest BCUT2D eigenvalue weighted by molar-refractivity contribution is 0.0159. The maximum Gasteiger partial charge on any atom is 0.131 e. The van der Waals surface area contributed by atoms with E-state index in [0.717, 1.165) is 31.6 Å². The molecular weight excluding hydrogens is 240 g/mol. The van der Waals surface area contributed by atoms with Gasteiger partial charge in [-0.2, -0.15) is 0 Å². The monoisotopic (exact) mass is 256 g/mol. The van der Waals surface area contributed by atoms with E-state index in [-0.39, 0.29) is 12.7 Å². The molecule has 0 bridgehead atoms. The highest BCUT2D eigenvalue weighted by Gasteiger charge is 2.19. The molecule has 2 rings (SSSR count). The maximum atomic E-state index is 8.70. The van der Waals surface area contributed by atoms with Crippen molar-refractivity contribution in [1.29, 1.82) is 0 Å². The van der Waals surface area contributed by atoms with Crippen LogP contribution in [-0.4, -0.2) is 42.5 Å². The molecule has 94 valence electrons. The zero-order valence-electron chi connectivity index (χ0n) is 9.68. The van der Waals surface area contributed by atoms with Crippen LogP contribution in [-0.2, 0) is 4.74 Å². The number of halogens is 1. The fourth-order valence-corrected chi connectivity index (χ4v) is 2.26. The number of aromatic nitrogens is 1. The third kappa shape index (κ3) is 3.56. The second-order valence-electron chi connectivity index (χ2n) is 4.12. The lowest BCUT2D eigenvalue weighted by Gasteiger charge is -2.33. The van der Waals surface area contributed by atoms with E-state index in [1.54, 1.807) is 6.20 Å². The molecule has 1 N–H and O–H groups in total. The summed E-state index contributed by atoms with van der Waals surface area (Å²) in [4.78, 5) is 6.26. The fourth-order valence-electron chi connectivity index (χ4n) is 2.09. The van der Waals surface area contributed by atoms with Gasteiger partial charge in [0.1, 0.15) is 5.15 Å². The number of hydrogen-bond acceptors (Lipinski definition) is 4. The second-order valence-corrected chi connectivity index (χ2v) is 4.50. The van der Waals surface area contributed by atoms with E-state index < -0.39 is 0 Å². The van der Waals surface area contributed by atoms with Gasteiger partial charge in [-0.3, -0.25) is 0 Å². The second kappa shape index (κ2) is 6.19. The zero-order valence-corrected chi connectivity index (χ0v) is 10.4. The standard InChI is InChI=1S/C12H17ClN2O2/c13-12-9-10(1-4-14-12)15-5-2-11(3-6-15)17-8-7-16/h1,4,9,11,16H,2-3,5-8H2. The first-order valence-electron chi connectivity index (χ1n) is 5.88. The SMILES string of the molecule is OCCOC1CCN(c2ccnc(Cl)c2)CC1. The van der Waals surface area contributed by atoms with Crippen LogP contribution in [0.2, 0.25) is 5.15 Å². The minimum atomic E-state index is 0.0974. The van der Waals surface area contributed by atoms with Crippen molar-refractivity contribution in [3.8, 4) is 0 Å². The third-order valence-corrected chi connectivity index (χ3v) is 3.17. The number of aliphatic hydroxyl groups excluding tert-OH is 1. The van der Waals surface area contributed by atoms with E-state index in [2.05, 4.69) is 9.88 Å². The largest absolute Gasteiger partial charge is 0.394 e. The molecule has 0 spiro atoms. The Morgan fingerprint density at radius 1 is 1.47 bits per heavy atom. The van der Waals surface area contributed by atoms with Gasteiger partial charge in [0, 0.05) is 25.0 Å². The summed E-state index contributed by atoms with van der Waals surface area (Å²) < 4.78 is 5.52. The summed E-state index contributed by atoms with van der Waals surface area (Å²) in [6, 6.07) is 3.86. The van der Waals surface area contributed by atoms with E-state index in [0.29, 0.717) is 11.8 Å². The van der Waals surface area contributed by atoms with Crippen LogP contribution in [0.3, 0.4) is 0 Å². The number of ether oxygens (including phenoxy) is 1. The predicted molar refractivity (Wildman–Crippen MR) is 67.5 cm³/mol. The van der Waals surface area contributed by atoms with Gasteiger partial charge in [0.05, 0.1) is 19.3 Å². The van der Waals surface area contributed by atoms with Gasteiger partial charge in [-0.1, -0.05) is 11.6 Å². The molecule has 1 fully saturated rings. The van der Waals surface area contributed by atoms with Gasteiger partial charge in [-0.25, -0.2) is 4.98 Å². The van der Waals surface area contributed by atoms with Crippen molar-refractivity contribution in [2.75, 3.05) is 31.2 Å². The summed E-state index contributed by atoms with van der Waals surface area (Å²) in [6.45, 7) is 2.44. The quantitative estimate of drug-likeness (QED) is 0.834. The van der Waals surface area contributed by atoms with E-state index >= 15 is 0 Å². The smallest absolute Gasteiger partial charge is 0.131 e. The summed E-state index contributed by atoms with van der Waals surface area (Å²) in [7, 11) is 0. The Bertz CT molecular complexity index is 354. The summed E-state index contributed by atoms with van der Waals surface area (Å²) >= 11 is 5.87. The van der Waals surface area contributed by atoms with Crippen molar-refractivity contribution in [3.63, 3.8) is 0 Å². The number of piperidine rings is 1. The van der Waals surface area contributed by atoms with Gasteiger partial charge < -0.3 is 14.7 Å². The number of pyridine rings is 1. The lowest BCUT2D eigenvalue weighted by atomic mass is 10.1. The van der Waals surface area contributed by atoms with Crippen molar-refractivity contribution >= 4 is 17.3 Å². The first-order valence-corrected chi connectivity index (χ1v) is 6.26. The Labute approximate surface area is 106 Å². The summed E-state index contributed by atoms with van der Waals surface area (Å²) in [5.74, 6) is 0. The minimum Gasteiger partial charge on any atom is -0.394 e. The van der Waals surface area contributed by atoms with Crippen molar-refractivity contribution in [1.82, 2.24) is 4.98 Å². The van der Waals surface area contributed by atoms with Crippen LogP contribution < -0.4 is 4.90 Å². The Hall–Kier alpha value is -0.840. The molecule has 1 saturated heterocycles. The van der Waals surface area contributed by atoms with Crippen LogP contribution in [0.25, 0.3) is 0 Å². The van der Waals surface area contributed by atoms with Gasteiger partial charge in [0.2, 0.25) is 0 Å². The van der Waals surface area contributed by atoms with Crippen LogP contribution in [0.15, 0.2) is 18.3 Å². The fraction of sp³-hybridized carbons (Fsp3) is 0.583. The Morgan fingerprint density at radius 2 is 2.24 bits per heavy atom. The zero-order chi connectivity index (χ0) is 12.1. The van der Waals surface area contributed by atoms with E-state index in [4.69, 9.17) is 21.4 Å². The normalized spacial score (nSPS) is 17.4.